The number of carbonyl (C=O) groups excluding carboxylic acids is 1. The van der Waals surface area contributed by atoms with E-state index < -0.39 is 21.0 Å². The number of anilines is 1. The largest absolute Gasteiger partial charge is 0.323 e. The van der Waals surface area contributed by atoms with Crippen LogP contribution in [-0.4, -0.2) is 49.7 Å². The molecule has 1 heterocycles. The van der Waals surface area contributed by atoms with Crippen LogP contribution in [-0.2, 0) is 10.0 Å². The van der Waals surface area contributed by atoms with Crippen LogP contribution in [0.4, 0.5) is 16.2 Å². The fraction of sp³-hybridized carbons (Fsp3) is 0.462. The SMILES string of the molecule is CS(=O)(=O)N[C@H]1CCCN(C(=O)Nc2ccc([N+](=O)[O-])cc2Cl)C1. The Morgan fingerprint density at radius 3 is 2.75 bits per heavy atom. The minimum atomic E-state index is -3.34. The van der Waals surface area contributed by atoms with Crippen LogP contribution in [0.1, 0.15) is 12.8 Å². The van der Waals surface area contributed by atoms with Crippen molar-refractivity contribution in [2.24, 2.45) is 0 Å². The number of amides is 2. The molecule has 132 valence electrons. The van der Waals surface area contributed by atoms with E-state index in [1.807, 2.05) is 0 Å². The molecule has 2 rings (SSSR count). The second-order valence-electron chi connectivity index (χ2n) is 5.53. The molecule has 11 heteroatoms. The maximum absolute atomic E-state index is 12.3. The molecule has 0 unspecified atom stereocenters. The van der Waals surface area contributed by atoms with Gasteiger partial charge >= 0.3 is 6.03 Å². The molecule has 2 amide bonds. The van der Waals surface area contributed by atoms with Crippen molar-refractivity contribution in [3.05, 3.63) is 33.3 Å². The Balaban J connectivity index is 2.03. The predicted molar refractivity (Wildman–Crippen MR) is 89.7 cm³/mol. The summed E-state index contributed by atoms with van der Waals surface area (Å²) in [4.78, 5) is 23.9. The number of hydrogen-bond donors (Lipinski definition) is 2. The van der Waals surface area contributed by atoms with Crippen molar-refractivity contribution in [1.82, 2.24) is 9.62 Å². The summed E-state index contributed by atoms with van der Waals surface area (Å²) in [6.07, 6.45) is 2.38. The van der Waals surface area contributed by atoms with Gasteiger partial charge in [-0.2, -0.15) is 0 Å². The van der Waals surface area contributed by atoms with E-state index in [0.717, 1.165) is 12.3 Å². The minimum absolute atomic E-state index is 0.0559. The third kappa shape index (κ3) is 5.05. The summed E-state index contributed by atoms with van der Waals surface area (Å²) >= 11 is 5.94. The molecule has 0 spiro atoms. The number of likely N-dealkylation sites (tertiary alicyclic amines) is 1. The third-order valence-corrected chi connectivity index (χ3v) is 4.57. The highest BCUT2D eigenvalue weighted by Gasteiger charge is 2.26. The van der Waals surface area contributed by atoms with Crippen LogP contribution in [0.5, 0.6) is 0 Å². The van der Waals surface area contributed by atoms with E-state index in [1.165, 1.54) is 17.0 Å². The van der Waals surface area contributed by atoms with Gasteiger partial charge in [-0.1, -0.05) is 11.6 Å². The van der Waals surface area contributed by atoms with Gasteiger partial charge in [0, 0.05) is 31.3 Å². The summed E-state index contributed by atoms with van der Waals surface area (Å²) in [5.74, 6) is 0. The molecular formula is C13H17ClN4O5S. The number of carbonyl (C=O) groups is 1. The number of nitro benzene ring substituents is 1. The maximum Gasteiger partial charge on any atom is 0.321 e. The van der Waals surface area contributed by atoms with Crippen LogP contribution < -0.4 is 10.0 Å². The molecule has 24 heavy (non-hydrogen) atoms. The smallest absolute Gasteiger partial charge is 0.321 e. The number of halogens is 1. The van der Waals surface area contributed by atoms with Gasteiger partial charge in [0.1, 0.15) is 0 Å². The van der Waals surface area contributed by atoms with E-state index in [0.29, 0.717) is 19.4 Å². The number of non-ortho nitro benzene ring substituents is 1. The average Bonchev–Trinajstić information content (AvgIpc) is 2.47. The highest BCUT2D eigenvalue weighted by Crippen LogP contribution is 2.27. The Morgan fingerprint density at radius 1 is 1.46 bits per heavy atom. The lowest BCUT2D eigenvalue weighted by atomic mass is 10.1. The van der Waals surface area contributed by atoms with Crippen LogP contribution >= 0.6 is 11.6 Å². The standard InChI is InChI=1S/C13H17ClN4O5S/c1-24(22,23)16-9-3-2-6-17(8-9)13(19)15-12-5-4-10(18(20)21)7-11(12)14/h4-5,7,9,16H,2-3,6,8H2,1H3,(H,15,19)/t9-/m0/s1. The van der Waals surface area contributed by atoms with E-state index in [1.54, 1.807) is 0 Å². The van der Waals surface area contributed by atoms with Crippen molar-refractivity contribution in [3.8, 4) is 0 Å². The molecule has 0 bridgehead atoms. The quantitative estimate of drug-likeness (QED) is 0.612. The summed E-state index contributed by atoms with van der Waals surface area (Å²) < 4.78 is 25.1. The molecule has 0 radical (unpaired) electrons. The zero-order valence-electron chi connectivity index (χ0n) is 12.9. The molecule has 0 aromatic heterocycles. The monoisotopic (exact) mass is 376 g/mol. The van der Waals surface area contributed by atoms with Gasteiger partial charge in [-0.25, -0.2) is 17.9 Å². The number of urea groups is 1. The molecule has 1 fully saturated rings. The topological polar surface area (TPSA) is 122 Å². The van der Waals surface area contributed by atoms with Crippen molar-refractivity contribution in [2.75, 3.05) is 24.7 Å². The Labute approximate surface area is 144 Å². The van der Waals surface area contributed by atoms with Gasteiger partial charge in [-0.05, 0) is 18.9 Å². The zero-order valence-corrected chi connectivity index (χ0v) is 14.4. The van der Waals surface area contributed by atoms with E-state index in [4.69, 9.17) is 11.6 Å². The molecule has 2 N–H and O–H groups in total. The molecule has 0 saturated carbocycles. The first-order chi connectivity index (χ1) is 11.2. The van der Waals surface area contributed by atoms with E-state index >= 15 is 0 Å². The van der Waals surface area contributed by atoms with Crippen LogP contribution in [0.15, 0.2) is 18.2 Å². The number of nitro groups is 1. The van der Waals surface area contributed by atoms with Crippen molar-refractivity contribution >= 4 is 39.0 Å². The first kappa shape index (κ1) is 18.4. The lowest BCUT2D eigenvalue weighted by Crippen LogP contribution is -2.50. The first-order valence-electron chi connectivity index (χ1n) is 7.13. The number of nitrogens with one attached hydrogen (secondary N) is 2. The second kappa shape index (κ2) is 7.32. The van der Waals surface area contributed by atoms with Gasteiger partial charge in [0.15, 0.2) is 0 Å². The predicted octanol–water partition coefficient (Wildman–Crippen LogP) is 1.79. The van der Waals surface area contributed by atoms with Crippen molar-refractivity contribution in [2.45, 2.75) is 18.9 Å². The lowest BCUT2D eigenvalue weighted by molar-refractivity contribution is -0.384. The highest BCUT2D eigenvalue weighted by atomic mass is 35.5. The highest BCUT2D eigenvalue weighted by molar-refractivity contribution is 7.88. The van der Waals surface area contributed by atoms with Gasteiger partial charge in [0.05, 0.1) is 21.9 Å². The number of benzene rings is 1. The fourth-order valence-electron chi connectivity index (χ4n) is 2.47. The molecule has 0 aliphatic carbocycles. The van der Waals surface area contributed by atoms with Gasteiger partial charge < -0.3 is 10.2 Å². The van der Waals surface area contributed by atoms with Crippen molar-refractivity contribution < 1.29 is 18.1 Å². The number of piperidine rings is 1. The summed E-state index contributed by atoms with van der Waals surface area (Å²) in [6.45, 7) is 0.724. The molecule has 1 atom stereocenters. The molecule has 1 saturated heterocycles. The normalized spacial score (nSPS) is 18.2. The maximum atomic E-state index is 12.3. The van der Waals surface area contributed by atoms with Crippen LogP contribution in [0.3, 0.4) is 0 Å². The van der Waals surface area contributed by atoms with Crippen molar-refractivity contribution in [1.29, 1.82) is 0 Å². The minimum Gasteiger partial charge on any atom is -0.323 e. The lowest BCUT2D eigenvalue weighted by Gasteiger charge is -2.32. The van der Waals surface area contributed by atoms with Crippen LogP contribution in [0.2, 0.25) is 5.02 Å². The van der Waals surface area contributed by atoms with Crippen LogP contribution in [0.25, 0.3) is 0 Å². The summed E-state index contributed by atoms with van der Waals surface area (Å²) in [5, 5.41) is 13.3. The van der Waals surface area contributed by atoms with Gasteiger partial charge in [-0.3, -0.25) is 10.1 Å². The van der Waals surface area contributed by atoms with Gasteiger partial charge in [0.2, 0.25) is 10.0 Å². The second-order valence-corrected chi connectivity index (χ2v) is 7.71. The first-order valence-corrected chi connectivity index (χ1v) is 9.40. The zero-order chi connectivity index (χ0) is 17.9. The Morgan fingerprint density at radius 2 is 2.17 bits per heavy atom. The summed E-state index contributed by atoms with van der Waals surface area (Å²) in [5.41, 5.74) is 0.0823. The summed E-state index contributed by atoms with van der Waals surface area (Å²) in [6, 6.07) is 2.97. The molecule has 1 aliphatic heterocycles. The van der Waals surface area contributed by atoms with Crippen LogP contribution in [0, 0.1) is 10.1 Å². The average molecular weight is 377 g/mol. The van der Waals surface area contributed by atoms with Crippen molar-refractivity contribution in [3.63, 3.8) is 0 Å². The molecule has 1 aliphatic rings. The summed E-state index contributed by atoms with van der Waals surface area (Å²) in [7, 11) is -3.34. The Bertz CT molecular complexity index is 755. The fourth-order valence-corrected chi connectivity index (χ4v) is 3.49. The third-order valence-electron chi connectivity index (χ3n) is 3.49. The van der Waals surface area contributed by atoms with E-state index in [-0.39, 0.29) is 29.0 Å². The number of rotatable bonds is 4. The van der Waals surface area contributed by atoms with Gasteiger partial charge in [0.25, 0.3) is 5.69 Å². The molecular weight excluding hydrogens is 360 g/mol. The Hall–Kier alpha value is -1.91. The van der Waals surface area contributed by atoms with Gasteiger partial charge in [-0.15, -0.1) is 0 Å². The Kier molecular flexibility index (Phi) is 5.62. The van der Waals surface area contributed by atoms with E-state index in [9.17, 15) is 23.3 Å². The molecule has 1 aromatic carbocycles. The van der Waals surface area contributed by atoms with E-state index in [2.05, 4.69) is 10.0 Å². The molecule has 9 nitrogen and oxygen atoms in total. The number of sulfonamides is 1. The molecule has 1 aromatic rings. The number of nitrogens with zero attached hydrogens (tertiary/aromatic N) is 2. The number of hydrogen-bond acceptors (Lipinski definition) is 5.